The Labute approximate surface area is 205 Å². The van der Waals surface area contributed by atoms with Gasteiger partial charge in [0.05, 0.1) is 18.2 Å². The lowest BCUT2D eigenvalue weighted by Gasteiger charge is -2.26. The lowest BCUT2D eigenvalue weighted by atomic mass is 9.95. The minimum Gasteiger partial charge on any atom is -0.507 e. The zero-order valence-electron chi connectivity index (χ0n) is 19.9. The average molecular weight is 471 g/mol. The van der Waals surface area contributed by atoms with Crippen molar-refractivity contribution in [3.63, 3.8) is 0 Å². The number of unbranched alkanes of at least 4 members (excludes halogenated alkanes) is 2. The highest BCUT2D eigenvalue weighted by Gasteiger charge is 2.45. The van der Waals surface area contributed by atoms with Crippen molar-refractivity contribution in [2.24, 2.45) is 0 Å². The molecule has 0 bridgehead atoms. The normalized spacial score (nSPS) is 17.1. The number of nitrogens with zero attached hydrogens (tertiary/aromatic N) is 2. The molecule has 1 amide bonds. The van der Waals surface area contributed by atoms with Crippen molar-refractivity contribution in [3.8, 4) is 5.75 Å². The van der Waals surface area contributed by atoms with Crippen LogP contribution in [0.2, 0.25) is 0 Å². The van der Waals surface area contributed by atoms with Crippen LogP contribution in [0.25, 0.3) is 5.76 Å². The highest BCUT2D eigenvalue weighted by atomic mass is 16.5. The molecule has 1 aliphatic rings. The van der Waals surface area contributed by atoms with Crippen molar-refractivity contribution in [2.75, 3.05) is 13.2 Å². The number of hydrogen-bond acceptors (Lipinski definition) is 5. The third-order valence-electron chi connectivity index (χ3n) is 6.17. The van der Waals surface area contributed by atoms with Crippen molar-refractivity contribution < 1.29 is 19.4 Å². The lowest BCUT2D eigenvalue weighted by Crippen LogP contribution is -2.31. The summed E-state index contributed by atoms with van der Waals surface area (Å²) >= 11 is 0. The van der Waals surface area contributed by atoms with Crippen LogP contribution in [0, 0.1) is 0 Å². The number of benzene rings is 2. The van der Waals surface area contributed by atoms with Crippen molar-refractivity contribution >= 4 is 17.4 Å². The van der Waals surface area contributed by atoms with Crippen LogP contribution in [-0.2, 0) is 16.0 Å². The number of aliphatic hydroxyl groups is 1. The number of aromatic nitrogens is 1. The molecule has 0 spiro atoms. The molecule has 0 radical (unpaired) electrons. The predicted molar refractivity (Wildman–Crippen MR) is 135 cm³/mol. The molecule has 1 unspecified atom stereocenters. The monoisotopic (exact) mass is 470 g/mol. The number of hydrogen-bond donors (Lipinski definition) is 1. The van der Waals surface area contributed by atoms with E-state index in [1.54, 1.807) is 29.4 Å². The van der Waals surface area contributed by atoms with Gasteiger partial charge in [0.15, 0.2) is 0 Å². The summed E-state index contributed by atoms with van der Waals surface area (Å²) in [5.74, 6) is -0.828. The molecule has 2 heterocycles. The number of carbonyl (C=O) groups is 2. The molecule has 1 N–H and O–H groups in total. The van der Waals surface area contributed by atoms with E-state index < -0.39 is 17.7 Å². The van der Waals surface area contributed by atoms with E-state index in [1.165, 1.54) is 0 Å². The van der Waals surface area contributed by atoms with Gasteiger partial charge in [0, 0.05) is 24.5 Å². The molecule has 2 aromatic carbocycles. The topological polar surface area (TPSA) is 79.7 Å². The predicted octanol–water partition coefficient (Wildman–Crippen LogP) is 5.32. The Morgan fingerprint density at radius 3 is 2.51 bits per heavy atom. The van der Waals surface area contributed by atoms with Crippen LogP contribution < -0.4 is 4.74 Å². The second kappa shape index (κ2) is 11.5. The summed E-state index contributed by atoms with van der Waals surface area (Å²) in [6.45, 7) is 3.08. The maximum Gasteiger partial charge on any atom is 0.295 e. The molecule has 35 heavy (non-hydrogen) atoms. The molecular weight excluding hydrogens is 440 g/mol. The van der Waals surface area contributed by atoms with Gasteiger partial charge >= 0.3 is 0 Å². The van der Waals surface area contributed by atoms with Crippen molar-refractivity contribution in [2.45, 2.75) is 38.6 Å². The van der Waals surface area contributed by atoms with Crippen molar-refractivity contribution in [3.05, 3.63) is 101 Å². The Hall–Kier alpha value is -3.93. The Morgan fingerprint density at radius 1 is 1.00 bits per heavy atom. The number of ether oxygens (including phenoxy) is 1. The van der Waals surface area contributed by atoms with Gasteiger partial charge in [0.2, 0.25) is 0 Å². The number of ketones is 1. The molecule has 1 aromatic heterocycles. The lowest BCUT2D eigenvalue weighted by molar-refractivity contribution is -0.139. The zero-order valence-corrected chi connectivity index (χ0v) is 19.9. The van der Waals surface area contributed by atoms with E-state index in [1.807, 2.05) is 54.6 Å². The molecule has 3 aromatic rings. The number of carbonyl (C=O) groups excluding carboxylic acids is 2. The van der Waals surface area contributed by atoms with Gasteiger partial charge in [-0.25, -0.2) is 0 Å². The molecule has 1 saturated heterocycles. The van der Waals surface area contributed by atoms with Crippen LogP contribution >= 0.6 is 0 Å². The van der Waals surface area contributed by atoms with Gasteiger partial charge in [-0.2, -0.15) is 0 Å². The van der Waals surface area contributed by atoms with E-state index in [9.17, 15) is 14.7 Å². The molecule has 180 valence electrons. The van der Waals surface area contributed by atoms with Gasteiger partial charge in [0.1, 0.15) is 11.5 Å². The van der Waals surface area contributed by atoms with Gasteiger partial charge in [-0.1, -0.05) is 62.2 Å². The molecule has 6 nitrogen and oxygen atoms in total. The highest BCUT2D eigenvalue weighted by Crippen LogP contribution is 2.40. The Morgan fingerprint density at radius 2 is 1.77 bits per heavy atom. The maximum atomic E-state index is 13.2. The van der Waals surface area contributed by atoms with Crippen LogP contribution in [0.1, 0.15) is 48.9 Å². The number of pyridine rings is 1. The minimum absolute atomic E-state index is 0.0809. The van der Waals surface area contributed by atoms with E-state index in [0.29, 0.717) is 30.9 Å². The highest BCUT2D eigenvalue weighted by molar-refractivity contribution is 6.46. The van der Waals surface area contributed by atoms with Gasteiger partial charge < -0.3 is 14.7 Å². The fourth-order valence-electron chi connectivity index (χ4n) is 4.33. The fourth-order valence-corrected chi connectivity index (χ4v) is 4.33. The maximum absolute atomic E-state index is 13.2. The first kappa shape index (κ1) is 24.2. The second-order valence-corrected chi connectivity index (χ2v) is 8.59. The van der Waals surface area contributed by atoms with Gasteiger partial charge in [-0.05, 0) is 48.2 Å². The summed E-state index contributed by atoms with van der Waals surface area (Å²) in [7, 11) is 0. The van der Waals surface area contributed by atoms with E-state index in [0.717, 1.165) is 30.4 Å². The third-order valence-corrected chi connectivity index (χ3v) is 6.17. The molecule has 6 heteroatoms. The SMILES string of the molecule is CCCCCOc1cccc(C2/C(=C(\O)c3ccncc3)C(=O)C(=O)N2CCc2ccccc2)c1. The summed E-state index contributed by atoms with van der Waals surface area (Å²) in [5.41, 5.74) is 2.31. The van der Waals surface area contributed by atoms with Crippen LogP contribution in [0.4, 0.5) is 0 Å². The van der Waals surface area contributed by atoms with Gasteiger partial charge in [-0.3, -0.25) is 14.6 Å². The summed E-state index contributed by atoms with van der Waals surface area (Å²) in [6, 6.07) is 19.8. The van der Waals surface area contributed by atoms with E-state index in [2.05, 4.69) is 11.9 Å². The van der Waals surface area contributed by atoms with Crippen LogP contribution in [0.15, 0.2) is 84.7 Å². The molecule has 1 aliphatic heterocycles. The number of aliphatic hydroxyl groups excluding tert-OH is 1. The van der Waals surface area contributed by atoms with Gasteiger partial charge in [0.25, 0.3) is 11.7 Å². The first-order chi connectivity index (χ1) is 17.1. The molecule has 0 saturated carbocycles. The average Bonchev–Trinajstić information content (AvgIpc) is 3.16. The second-order valence-electron chi connectivity index (χ2n) is 8.59. The van der Waals surface area contributed by atoms with Crippen LogP contribution in [-0.4, -0.2) is 39.8 Å². The summed E-state index contributed by atoms with van der Waals surface area (Å²) in [5, 5.41) is 11.1. The number of likely N-dealkylation sites (tertiary alicyclic amines) is 1. The first-order valence-corrected chi connectivity index (χ1v) is 12.1. The van der Waals surface area contributed by atoms with E-state index in [-0.39, 0.29) is 11.3 Å². The fraction of sp³-hybridized carbons (Fsp3) is 0.276. The Balaban J connectivity index is 1.71. The molecule has 4 rings (SSSR count). The Bertz CT molecular complexity index is 1190. The third kappa shape index (κ3) is 5.60. The van der Waals surface area contributed by atoms with E-state index in [4.69, 9.17) is 4.74 Å². The smallest absolute Gasteiger partial charge is 0.295 e. The summed E-state index contributed by atoms with van der Waals surface area (Å²) < 4.78 is 5.93. The quantitative estimate of drug-likeness (QED) is 0.188. The number of amides is 1. The van der Waals surface area contributed by atoms with Crippen molar-refractivity contribution in [1.29, 1.82) is 0 Å². The van der Waals surface area contributed by atoms with Gasteiger partial charge in [-0.15, -0.1) is 0 Å². The van der Waals surface area contributed by atoms with Crippen LogP contribution in [0.3, 0.4) is 0 Å². The summed E-state index contributed by atoms with van der Waals surface area (Å²) in [6.07, 6.45) is 6.82. The van der Waals surface area contributed by atoms with E-state index >= 15 is 0 Å². The standard InChI is InChI=1S/C29H30N2O4/c1-2-3-7-19-35-24-12-8-11-23(20-24)26-25(27(32)22-13-16-30-17-14-22)28(33)29(34)31(26)18-15-21-9-5-4-6-10-21/h4-6,8-14,16-17,20,26,32H,2-3,7,15,18-19H2,1H3/b27-25+. The number of rotatable bonds is 10. The minimum atomic E-state index is -0.717. The molecule has 1 atom stereocenters. The summed E-state index contributed by atoms with van der Waals surface area (Å²) in [4.78, 5) is 31.9. The molecular formula is C29H30N2O4. The Kier molecular flexibility index (Phi) is 7.93. The molecule has 0 aliphatic carbocycles. The van der Waals surface area contributed by atoms with Crippen LogP contribution in [0.5, 0.6) is 5.75 Å². The van der Waals surface area contributed by atoms with Crippen molar-refractivity contribution in [1.82, 2.24) is 9.88 Å². The largest absolute Gasteiger partial charge is 0.507 e. The molecule has 1 fully saturated rings. The first-order valence-electron chi connectivity index (χ1n) is 12.1. The zero-order chi connectivity index (χ0) is 24.6. The number of Topliss-reactive ketones (excluding diaryl/α,β-unsaturated/α-hetero) is 1.